The van der Waals surface area contributed by atoms with Crippen molar-refractivity contribution in [2.75, 3.05) is 0 Å². The van der Waals surface area contributed by atoms with Gasteiger partial charge in [0.15, 0.2) is 0 Å². The molecule has 0 amide bonds. The highest BCUT2D eigenvalue weighted by molar-refractivity contribution is 6.87. The number of Topliss-reactive ketones (excluding diaryl/α,β-unsaturated/α-hetero) is 2. The lowest BCUT2D eigenvalue weighted by molar-refractivity contribution is -0.110. The van der Waals surface area contributed by atoms with Crippen molar-refractivity contribution in [1.29, 1.82) is 0 Å². The molecule has 0 heterocycles. The van der Waals surface area contributed by atoms with Gasteiger partial charge in [0.1, 0.15) is 8.07 Å². The average Bonchev–Trinajstić information content (AvgIpc) is 2.49. The summed E-state index contributed by atoms with van der Waals surface area (Å²) in [5, 5.41) is 0. The van der Waals surface area contributed by atoms with E-state index in [9.17, 15) is 9.59 Å². The summed E-state index contributed by atoms with van der Waals surface area (Å²) in [6.45, 7) is 6.37. The third-order valence-electron chi connectivity index (χ3n) is 3.71. The van der Waals surface area contributed by atoms with E-state index in [0.29, 0.717) is 5.56 Å². The van der Waals surface area contributed by atoms with Crippen LogP contribution in [0.25, 0.3) is 0 Å². The van der Waals surface area contributed by atoms with Crippen LogP contribution < -0.4 is 0 Å². The Morgan fingerprint density at radius 2 is 1.53 bits per heavy atom. The Balaban J connectivity index is 2.90. The molecule has 3 heteroatoms. The highest BCUT2D eigenvalue weighted by Gasteiger charge is 2.25. The highest BCUT2D eigenvalue weighted by atomic mass is 28.3. The largest absolute Gasteiger partial charge is 0.284 e. The van der Waals surface area contributed by atoms with Crippen molar-refractivity contribution < 1.29 is 9.59 Å². The Labute approximate surface area is 116 Å². The van der Waals surface area contributed by atoms with Crippen LogP contribution in [0.15, 0.2) is 30.3 Å². The first-order chi connectivity index (χ1) is 9.08. The van der Waals surface area contributed by atoms with Crippen LogP contribution in [0.2, 0.25) is 18.1 Å². The van der Waals surface area contributed by atoms with Crippen molar-refractivity contribution in [3.05, 3.63) is 35.9 Å². The van der Waals surface area contributed by atoms with Crippen molar-refractivity contribution in [2.24, 2.45) is 0 Å². The Morgan fingerprint density at radius 1 is 1.00 bits per heavy atom. The maximum Gasteiger partial charge on any atom is 0.275 e. The molecule has 0 aliphatic rings. The number of hydrogen-bond donors (Lipinski definition) is 0. The molecule has 2 nitrogen and oxygen atoms in total. The second-order valence-electron chi connectivity index (χ2n) is 4.62. The van der Waals surface area contributed by atoms with E-state index in [0.717, 1.165) is 18.1 Å². The minimum atomic E-state index is -1.66. The Bertz CT molecular complexity index is 496. The molecule has 0 saturated heterocycles. The SMILES string of the molecule is CC[Si](C#CC(=O)C(=O)c1ccccc1)(CC)CC. The van der Waals surface area contributed by atoms with Gasteiger partial charge >= 0.3 is 0 Å². The van der Waals surface area contributed by atoms with Gasteiger partial charge in [0, 0.05) is 5.56 Å². The predicted molar refractivity (Wildman–Crippen MR) is 80.8 cm³/mol. The number of benzene rings is 1. The number of carbonyl (C=O) groups excluding carboxylic acids is 2. The van der Waals surface area contributed by atoms with Crippen LogP contribution in [0.4, 0.5) is 0 Å². The van der Waals surface area contributed by atoms with Crippen LogP contribution in [0.5, 0.6) is 0 Å². The van der Waals surface area contributed by atoms with Crippen LogP contribution in [0.1, 0.15) is 31.1 Å². The molecule has 0 N–H and O–H groups in total. The first-order valence-corrected chi connectivity index (χ1v) is 9.37. The quantitative estimate of drug-likeness (QED) is 0.356. The summed E-state index contributed by atoms with van der Waals surface area (Å²) in [5.74, 6) is 1.51. The van der Waals surface area contributed by atoms with Gasteiger partial charge in [0.05, 0.1) is 0 Å². The lowest BCUT2D eigenvalue weighted by Crippen LogP contribution is -2.30. The molecule has 0 aromatic heterocycles. The molecule has 100 valence electrons. The maximum atomic E-state index is 11.9. The number of ketones is 2. The first kappa shape index (κ1) is 15.4. The van der Waals surface area contributed by atoms with Gasteiger partial charge in [-0.1, -0.05) is 51.1 Å². The molecule has 1 rings (SSSR count). The predicted octanol–water partition coefficient (Wildman–Crippen LogP) is 3.49. The zero-order valence-electron chi connectivity index (χ0n) is 11.8. The monoisotopic (exact) mass is 272 g/mol. The molecule has 1 aromatic carbocycles. The molecular weight excluding hydrogens is 252 g/mol. The number of rotatable bonds is 5. The third kappa shape index (κ3) is 3.90. The fraction of sp³-hybridized carbons (Fsp3) is 0.375. The summed E-state index contributed by atoms with van der Waals surface area (Å²) < 4.78 is 0. The molecule has 0 atom stereocenters. The van der Waals surface area contributed by atoms with Crippen LogP contribution >= 0.6 is 0 Å². The first-order valence-electron chi connectivity index (χ1n) is 6.75. The third-order valence-corrected chi connectivity index (χ3v) is 8.43. The second-order valence-corrected chi connectivity index (χ2v) is 9.55. The van der Waals surface area contributed by atoms with Crippen molar-refractivity contribution in [3.63, 3.8) is 0 Å². The Morgan fingerprint density at radius 3 is 2.00 bits per heavy atom. The topological polar surface area (TPSA) is 34.1 Å². The van der Waals surface area contributed by atoms with Crippen LogP contribution in [-0.4, -0.2) is 19.6 Å². The minimum absolute atomic E-state index is 0.415. The average molecular weight is 272 g/mol. The molecule has 19 heavy (non-hydrogen) atoms. The zero-order chi connectivity index (χ0) is 14.3. The fourth-order valence-electron chi connectivity index (χ4n) is 1.98. The lowest BCUT2D eigenvalue weighted by atomic mass is 10.1. The highest BCUT2D eigenvalue weighted by Crippen LogP contribution is 2.18. The number of carbonyl (C=O) groups is 2. The summed E-state index contributed by atoms with van der Waals surface area (Å²) in [6, 6.07) is 11.7. The summed E-state index contributed by atoms with van der Waals surface area (Å²) in [5.41, 5.74) is 3.57. The van der Waals surface area contributed by atoms with Crippen LogP contribution in [0.3, 0.4) is 0 Å². The minimum Gasteiger partial charge on any atom is -0.284 e. The van der Waals surface area contributed by atoms with E-state index < -0.39 is 19.6 Å². The van der Waals surface area contributed by atoms with Gasteiger partial charge in [0.25, 0.3) is 5.78 Å². The van der Waals surface area contributed by atoms with Crippen molar-refractivity contribution in [2.45, 2.75) is 38.9 Å². The van der Waals surface area contributed by atoms with Gasteiger partial charge in [-0.25, -0.2) is 0 Å². The lowest BCUT2D eigenvalue weighted by Gasteiger charge is -2.19. The van der Waals surface area contributed by atoms with E-state index in [1.54, 1.807) is 24.3 Å². The van der Waals surface area contributed by atoms with Gasteiger partial charge in [-0.2, -0.15) is 0 Å². The number of hydrogen-bond acceptors (Lipinski definition) is 2. The van der Waals surface area contributed by atoms with Gasteiger partial charge in [-0.05, 0) is 24.1 Å². The zero-order valence-corrected chi connectivity index (χ0v) is 12.8. The summed E-state index contributed by atoms with van der Waals surface area (Å²) in [4.78, 5) is 23.7. The standard InChI is InChI=1S/C16H20O2Si/c1-4-19(5-2,6-3)13-12-15(17)16(18)14-10-8-7-9-11-14/h7-11H,4-6H2,1-3H3. The van der Waals surface area contributed by atoms with Crippen LogP contribution in [-0.2, 0) is 4.79 Å². The van der Waals surface area contributed by atoms with E-state index in [2.05, 4.69) is 32.2 Å². The van der Waals surface area contributed by atoms with Crippen LogP contribution in [0, 0.1) is 11.5 Å². The molecule has 0 aliphatic carbocycles. The summed E-state index contributed by atoms with van der Waals surface area (Å²) in [7, 11) is -1.66. The normalized spacial score (nSPS) is 10.5. The van der Waals surface area contributed by atoms with Gasteiger partial charge in [0.2, 0.25) is 5.78 Å². The van der Waals surface area contributed by atoms with Crippen molar-refractivity contribution >= 4 is 19.6 Å². The van der Waals surface area contributed by atoms with Crippen molar-refractivity contribution in [3.8, 4) is 11.5 Å². The molecule has 0 saturated carbocycles. The molecule has 0 bridgehead atoms. The molecule has 0 radical (unpaired) electrons. The molecule has 0 aliphatic heterocycles. The molecule has 1 aromatic rings. The van der Waals surface area contributed by atoms with E-state index in [1.165, 1.54) is 0 Å². The van der Waals surface area contributed by atoms with Gasteiger partial charge < -0.3 is 0 Å². The second kappa shape index (κ2) is 7.06. The summed E-state index contributed by atoms with van der Waals surface area (Å²) >= 11 is 0. The van der Waals surface area contributed by atoms with E-state index in [1.807, 2.05) is 6.07 Å². The van der Waals surface area contributed by atoms with E-state index in [-0.39, 0.29) is 0 Å². The van der Waals surface area contributed by atoms with E-state index >= 15 is 0 Å². The summed E-state index contributed by atoms with van der Waals surface area (Å²) in [6.07, 6.45) is 0. The Kier molecular flexibility index (Phi) is 5.72. The van der Waals surface area contributed by atoms with Gasteiger partial charge in [-0.15, -0.1) is 5.54 Å². The van der Waals surface area contributed by atoms with E-state index in [4.69, 9.17) is 0 Å². The maximum absolute atomic E-state index is 11.9. The smallest absolute Gasteiger partial charge is 0.275 e. The fourth-order valence-corrected chi connectivity index (χ4v) is 4.39. The molecule has 0 fully saturated rings. The molecular formula is C16H20O2Si. The molecule has 0 spiro atoms. The molecule has 0 unspecified atom stereocenters. The van der Waals surface area contributed by atoms with Gasteiger partial charge in [-0.3, -0.25) is 9.59 Å². The Hall–Kier alpha value is -1.66. The van der Waals surface area contributed by atoms with Crippen molar-refractivity contribution in [1.82, 2.24) is 0 Å².